The first kappa shape index (κ1) is 32.5. The Bertz CT molecular complexity index is 1590. The van der Waals surface area contributed by atoms with Crippen LogP contribution in [0.2, 0.25) is 0 Å². The normalized spacial score (nSPS) is 20.5. The van der Waals surface area contributed by atoms with E-state index in [9.17, 15) is 18.0 Å². The molecule has 11 heteroatoms. The monoisotopic (exact) mass is 637 g/mol. The number of hydrogen-bond acceptors (Lipinski definition) is 6. The Balaban J connectivity index is 1.37. The van der Waals surface area contributed by atoms with Gasteiger partial charge in [0.2, 0.25) is 0 Å². The second-order valence-electron chi connectivity index (χ2n) is 14.3. The van der Waals surface area contributed by atoms with E-state index < -0.39 is 11.7 Å². The molecule has 1 saturated carbocycles. The summed E-state index contributed by atoms with van der Waals surface area (Å²) < 4.78 is 45.8. The average molecular weight is 638 g/mol. The third-order valence-electron chi connectivity index (χ3n) is 10.2. The maximum Gasteiger partial charge on any atom is 0.416 e. The van der Waals surface area contributed by atoms with Crippen LogP contribution in [0.15, 0.2) is 36.7 Å². The molecule has 1 aliphatic carbocycles. The number of carbonyl (C=O) groups excluding carboxylic acids is 1. The zero-order valence-corrected chi connectivity index (χ0v) is 27.8. The zero-order valence-electron chi connectivity index (χ0n) is 27.8. The summed E-state index contributed by atoms with van der Waals surface area (Å²) in [5.41, 5.74) is 2.38. The standard InChI is InChI=1S/C35H46F3N7O/c1-22(2)31-20-42(5)10-11-44(31)18-24-12-28-29(30(13-24)35(36,37)38)19-45(33(28)46)27-15-25(14-26(16-27)40-23(3)4)34(8-7-9-34)17-32-41-39-21-43(32)6/h12-16,21-23,31,40H,7-11,17-20H2,1-6H3/t31-/m1/s1. The summed E-state index contributed by atoms with van der Waals surface area (Å²) in [5.74, 6) is 0.852. The number of likely N-dealkylation sites (N-methyl/N-ethyl adjacent to an activating group) is 1. The van der Waals surface area contributed by atoms with Crippen LogP contribution >= 0.6 is 0 Å². The van der Waals surface area contributed by atoms with E-state index in [0.717, 1.165) is 56.0 Å². The average Bonchev–Trinajstić information content (AvgIpc) is 3.52. The van der Waals surface area contributed by atoms with Gasteiger partial charge in [0.1, 0.15) is 12.2 Å². The number of anilines is 2. The molecule has 3 heterocycles. The van der Waals surface area contributed by atoms with Crippen molar-refractivity contribution >= 4 is 17.3 Å². The summed E-state index contributed by atoms with van der Waals surface area (Å²) in [4.78, 5) is 20.2. The van der Waals surface area contributed by atoms with Crippen LogP contribution in [-0.2, 0) is 38.1 Å². The van der Waals surface area contributed by atoms with Crippen LogP contribution in [-0.4, -0.2) is 69.2 Å². The molecule has 1 N–H and O–H groups in total. The lowest BCUT2D eigenvalue weighted by Gasteiger charge is -2.43. The summed E-state index contributed by atoms with van der Waals surface area (Å²) in [6, 6.07) is 9.38. The number of halogens is 3. The number of aromatic nitrogens is 3. The van der Waals surface area contributed by atoms with E-state index in [2.05, 4.69) is 52.3 Å². The first-order valence-electron chi connectivity index (χ1n) is 16.5. The Hall–Kier alpha value is -3.44. The number of benzene rings is 2. The van der Waals surface area contributed by atoms with E-state index in [-0.39, 0.29) is 41.1 Å². The molecule has 2 fully saturated rings. The number of rotatable bonds is 9. The van der Waals surface area contributed by atoms with E-state index in [0.29, 0.717) is 30.1 Å². The lowest BCUT2D eigenvalue weighted by molar-refractivity contribution is -0.138. The molecule has 1 aromatic heterocycles. The Morgan fingerprint density at radius 2 is 1.80 bits per heavy atom. The molecule has 0 bridgehead atoms. The number of amides is 1. The van der Waals surface area contributed by atoms with E-state index in [4.69, 9.17) is 0 Å². The van der Waals surface area contributed by atoms with Crippen LogP contribution in [0.3, 0.4) is 0 Å². The quantitative estimate of drug-likeness (QED) is 0.299. The number of nitrogens with one attached hydrogen (secondary N) is 1. The lowest BCUT2D eigenvalue weighted by Crippen LogP contribution is -2.53. The van der Waals surface area contributed by atoms with Gasteiger partial charge < -0.3 is 19.7 Å². The first-order chi connectivity index (χ1) is 21.7. The van der Waals surface area contributed by atoms with Crippen LogP contribution in [0.4, 0.5) is 24.5 Å². The zero-order chi connectivity index (χ0) is 33.0. The third-order valence-corrected chi connectivity index (χ3v) is 10.2. The van der Waals surface area contributed by atoms with Crippen molar-refractivity contribution in [1.82, 2.24) is 24.6 Å². The van der Waals surface area contributed by atoms with Crippen LogP contribution in [0.5, 0.6) is 0 Å². The number of carbonyl (C=O) groups is 1. The minimum atomic E-state index is -4.58. The van der Waals surface area contributed by atoms with Gasteiger partial charge in [0.25, 0.3) is 5.91 Å². The second-order valence-corrected chi connectivity index (χ2v) is 14.3. The molecule has 1 saturated heterocycles. The molecule has 3 aliphatic rings. The number of piperazine rings is 1. The molecule has 0 spiro atoms. The van der Waals surface area contributed by atoms with Gasteiger partial charge in [-0.2, -0.15) is 13.2 Å². The predicted octanol–water partition coefficient (Wildman–Crippen LogP) is 6.25. The molecule has 2 aromatic carbocycles. The van der Waals surface area contributed by atoms with Gasteiger partial charge in [-0.1, -0.05) is 20.3 Å². The minimum absolute atomic E-state index is 0.0567. The fraction of sp³-hybridized carbons (Fsp3) is 0.571. The molecule has 3 aromatic rings. The summed E-state index contributed by atoms with van der Waals surface area (Å²) in [7, 11) is 4.01. The number of alkyl halides is 3. The highest BCUT2D eigenvalue weighted by atomic mass is 19.4. The third kappa shape index (κ3) is 6.28. The number of aryl methyl sites for hydroxylation is 1. The summed E-state index contributed by atoms with van der Waals surface area (Å²) in [6.45, 7) is 11.1. The van der Waals surface area contributed by atoms with Gasteiger partial charge in [0, 0.05) is 74.1 Å². The van der Waals surface area contributed by atoms with Crippen molar-refractivity contribution in [3.05, 3.63) is 70.3 Å². The van der Waals surface area contributed by atoms with Crippen molar-refractivity contribution < 1.29 is 18.0 Å². The van der Waals surface area contributed by atoms with Crippen molar-refractivity contribution in [2.75, 3.05) is 36.9 Å². The SMILES string of the molecule is CC(C)Nc1cc(N2Cc3c(cc(CN4CCN(C)C[C@@H]4C(C)C)cc3C(F)(F)F)C2=O)cc(C2(Cc3nncn3C)CCC2)c1. The van der Waals surface area contributed by atoms with Crippen LogP contribution < -0.4 is 10.2 Å². The Labute approximate surface area is 270 Å². The second kappa shape index (κ2) is 12.3. The molecule has 248 valence electrons. The fourth-order valence-corrected chi connectivity index (χ4v) is 7.51. The first-order valence-corrected chi connectivity index (χ1v) is 16.5. The maximum atomic E-state index is 14.6. The number of hydrogen-bond donors (Lipinski definition) is 1. The van der Waals surface area contributed by atoms with Crippen LogP contribution in [0.1, 0.15) is 85.4 Å². The van der Waals surface area contributed by atoms with Crippen molar-refractivity contribution in [3.63, 3.8) is 0 Å². The van der Waals surface area contributed by atoms with Crippen molar-refractivity contribution in [2.24, 2.45) is 13.0 Å². The highest BCUT2D eigenvalue weighted by molar-refractivity contribution is 6.10. The Morgan fingerprint density at radius 3 is 2.41 bits per heavy atom. The van der Waals surface area contributed by atoms with Gasteiger partial charge in [-0.3, -0.25) is 9.69 Å². The van der Waals surface area contributed by atoms with Gasteiger partial charge in [-0.05, 0) is 86.7 Å². The molecule has 1 atom stereocenters. The van der Waals surface area contributed by atoms with Crippen LogP contribution in [0, 0.1) is 5.92 Å². The van der Waals surface area contributed by atoms with Crippen molar-refractivity contribution in [3.8, 4) is 0 Å². The van der Waals surface area contributed by atoms with E-state index >= 15 is 0 Å². The van der Waals surface area contributed by atoms with Gasteiger partial charge in [-0.25, -0.2) is 0 Å². The minimum Gasteiger partial charge on any atom is -0.383 e. The molecule has 1 amide bonds. The molecule has 0 radical (unpaired) electrons. The van der Waals surface area contributed by atoms with Gasteiger partial charge >= 0.3 is 6.18 Å². The van der Waals surface area contributed by atoms with Gasteiger partial charge in [-0.15, -0.1) is 10.2 Å². The predicted molar refractivity (Wildman–Crippen MR) is 174 cm³/mol. The number of nitrogens with zero attached hydrogens (tertiary/aromatic N) is 6. The highest BCUT2D eigenvalue weighted by Gasteiger charge is 2.43. The Kier molecular flexibility index (Phi) is 8.69. The molecule has 0 unspecified atom stereocenters. The molecule has 8 nitrogen and oxygen atoms in total. The Morgan fingerprint density at radius 1 is 1.04 bits per heavy atom. The van der Waals surface area contributed by atoms with Crippen molar-refractivity contribution in [2.45, 2.75) is 90.1 Å². The van der Waals surface area contributed by atoms with E-state index in [1.165, 1.54) is 11.0 Å². The highest BCUT2D eigenvalue weighted by Crippen LogP contribution is 2.48. The maximum absolute atomic E-state index is 14.6. The number of fused-ring (bicyclic) bond motifs is 1. The molecular formula is C35H46F3N7O. The van der Waals surface area contributed by atoms with Crippen molar-refractivity contribution in [1.29, 1.82) is 0 Å². The smallest absolute Gasteiger partial charge is 0.383 e. The van der Waals surface area contributed by atoms with Gasteiger partial charge in [0.15, 0.2) is 0 Å². The topological polar surface area (TPSA) is 69.5 Å². The van der Waals surface area contributed by atoms with Gasteiger partial charge in [0.05, 0.1) is 12.1 Å². The summed E-state index contributed by atoms with van der Waals surface area (Å²) in [6.07, 6.45) is 0.824. The van der Waals surface area contributed by atoms with Crippen LogP contribution in [0.25, 0.3) is 0 Å². The fourth-order valence-electron chi connectivity index (χ4n) is 7.51. The summed E-state index contributed by atoms with van der Waals surface area (Å²) in [5, 5.41) is 11.9. The lowest BCUT2D eigenvalue weighted by atomic mass is 9.62. The molecule has 2 aliphatic heterocycles. The molecule has 46 heavy (non-hydrogen) atoms. The van der Waals surface area contributed by atoms with E-state index in [1.54, 1.807) is 12.4 Å². The molecule has 6 rings (SSSR count). The summed E-state index contributed by atoms with van der Waals surface area (Å²) >= 11 is 0. The molecular weight excluding hydrogens is 591 g/mol. The largest absolute Gasteiger partial charge is 0.416 e. The van der Waals surface area contributed by atoms with E-state index in [1.807, 2.05) is 37.6 Å².